The highest BCUT2D eigenvalue weighted by Gasteiger charge is 2.13. The molecule has 0 saturated heterocycles. The van der Waals surface area contributed by atoms with Crippen LogP contribution in [-0.4, -0.2) is 13.1 Å². The number of aromatic nitrogens is 1. The van der Waals surface area contributed by atoms with E-state index in [1.54, 1.807) is 37.4 Å². The Morgan fingerprint density at radius 3 is 2.35 bits per heavy atom. The van der Waals surface area contributed by atoms with E-state index in [2.05, 4.69) is 42.0 Å². The highest BCUT2D eigenvalue weighted by atomic mass is 127. The fraction of sp³-hybridized carbons (Fsp3) is 0.0769. The van der Waals surface area contributed by atoms with Gasteiger partial charge in [-0.25, -0.2) is 4.79 Å². The van der Waals surface area contributed by atoms with Gasteiger partial charge in [-0.1, -0.05) is 36.4 Å². The molecule has 4 nitrogen and oxygen atoms in total. The van der Waals surface area contributed by atoms with Gasteiger partial charge in [0.05, 0.1) is 12.7 Å². The SMILES string of the molecule is COc1cc(C=Cc2ccc3ccccc3[n+]2C)ccc1OC(=O)c1ccccc1.[I-]. The van der Waals surface area contributed by atoms with Gasteiger partial charge in [-0.15, -0.1) is 0 Å². The Bertz CT molecular complexity index is 1240. The molecule has 0 aliphatic heterocycles. The molecule has 1 heterocycles. The second-order valence-electron chi connectivity index (χ2n) is 6.88. The average Bonchev–Trinajstić information content (AvgIpc) is 2.80. The van der Waals surface area contributed by atoms with Crippen molar-refractivity contribution in [2.75, 3.05) is 7.11 Å². The van der Waals surface area contributed by atoms with Gasteiger partial charge in [-0.2, -0.15) is 4.57 Å². The number of benzene rings is 3. The lowest BCUT2D eigenvalue weighted by Crippen LogP contribution is -3.00. The van der Waals surface area contributed by atoms with Crippen LogP contribution < -0.4 is 38.0 Å². The van der Waals surface area contributed by atoms with Gasteiger partial charge in [-0.3, -0.25) is 0 Å². The van der Waals surface area contributed by atoms with Crippen molar-refractivity contribution in [3.05, 3.63) is 102 Å². The standard InChI is InChI=1S/C26H22NO3.HI/c1-27-22(16-14-20-8-6-7-11-23(20)27)15-12-19-13-17-24(25(18-19)29-2)30-26(28)21-9-4-3-5-10-21;/h3-18H,1-2H3;1H/q+1;/p-1. The van der Waals surface area contributed by atoms with Crippen molar-refractivity contribution in [3.8, 4) is 11.5 Å². The number of ether oxygens (including phenoxy) is 2. The Labute approximate surface area is 198 Å². The van der Waals surface area contributed by atoms with Crippen LogP contribution in [0.5, 0.6) is 11.5 Å². The lowest BCUT2D eigenvalue weighted by Gasteiger charge is -2.10. The van der Waals surface area contributed by atoms with Crippen LogP contribution in [0.4, 0.5) is 0 Å². The van der Waals surface area contributed by atoms with E-state index in [0.717, 1.165) is 11.3 Å². The number of aryl methyl sites for hydroxylation is 1. The minimum Gasteiger partial charge on any atom is -1.00 e. The van der Waals surface area contributed by atoms with Gasteiger partial charge in [0.25, 0.3) is 0 Å². The number of pyridine rings is 1. The van der Waals surface area contributed by atoms with E-state index in [1.165, 1.54) is 10.9 Å². The summed E-state index contributed by atoms with van der Waals surface area (Å²) in [5, 5.41) is 1.20. The Morgan fingerprint density at radius 2 is 1.58 bits per heavy atom. The van der Waals surface area contributed by atoms with Crippen LogP contribution in [0.25, 0.3) is 23.1 Å². The first-order valence-electron chi connectivity index (χ1n) is 9.67. The van der Waals surface area contributed by atoms with Crippen molar-refractivity contribution < 1.29 is 42.8 Å². The number of hydrogen-bond acceptors (Lipinski definition) is 3. The maximum absolute atomic E-state index is 12.3. The van der Waals surface area contributed by atoms with Crippen molar-refractivity contribution in [1.82, 2.24) is 0 Å². The summed E-state index contributed by atoms with van der Waals surface area (Å²) in [4.78, 5) is 12.3. The molecule has 156 valence electrons. The molecule has 0 spiro atoms. The topological polar surface area (TPSA) is 39.4 Å². The van der Waals surface area contributed by atoms with Crippen LogP contribution in [0.3, 0.4) is 0 Å². The average molecular weight is 523 g/mol. The van der Waals surface area contributed by atoms with Crippen LogP contribution in [-0.2, 0) is 7.05 Å². The number of carbonyl (C=O) groups excluding carboxylic acids is 1. The summed E-state index contributed by atoms with van der Waals surface area (Å²) < 4.78 is 13.1. The molecule has 31 heavy (non-hydrogen) atoms. The molecule has 0 bridgehead atoms. The molecule has 0 saturated carbocycles. The first kappa shape index (κ1) is 22.5. The fourth-order valence-corrected chi connectivity index (χ4v) is 3.31. The number of hydrogen-bond donors (Lipinski definition) is 0. The molecular formula is C26H22INO3. The Hall–Kier alpha value is -3.19. The Morgan fingerprint density at radius 1 is 0.839 bits per heavy atom. The zero-order valence-electron chi connectivity index (χ0n) is 17.3. The number of methoxy groups -OCH3 is 1. The Balaban J connectivity index is 0.00000272. The normalized spacial score (nSPS) is 10.6. The maximum Gasteiger partial charge on any atom is 0.343 e. The molecule has 0 aliphatic carbocycles. The molecule has 1 aromatic heterocycles. The summed E-state index contributed by atoms with van der Waals surface area (Å²) >= 11 is 0. The van der Waals surface area contributed by atoms with Crippen LogP contribution in [0.15, 0.2) is 84.9 Å². The zero-order valence-corrected chi connectivity index (χ0v) is 19.4. The second-order valence-corrected chi connectivity index (χ2v) is 6.88. The van der Waals surface area contributed by atoms with Gasteiger partial charge in [0.15, 0.2) is 11.5 Å². The van der Waals surface area contributed by atoms with Crippen molar-refractivity contribution in [2.45, 2.75) is 0 Å². The van der Waals surface area contributed by atoms with E-state index in [1.807, 2.05) is 36.4 Å². The van der Waals surface area contributed by atoms with Crippen molar-refractivity contribution >= 4 is 29.0 Å². The molecule has 0 atom stereocenters. The number of nitrogens with zero attached hydrogens (tertiary/aromatic N) is 1. The van der Waals surface area contributed by atoms with Crippen LogP contribution >= 0.6 is 0 Å². The molecule has 0 radical (unpaired) electrons. The van der Waals surface area contributed by atoms with Gasteiger partial charge in [0.1, 0.15) is 7.05 Å². The van der Waals surface area contributed by atoms with Crippen molar-refractivity contribution in [1.29, 1.82) is 0 Å². The third-order valence-electron chi connectivity index (χ3n) is 4.97. The van der Waals surface area contributed by atoms with E-state index in [9.17, 15) is 4.79 Å². The summed E-state index contributed by atoms with van der Waals surface area (Å²) in [6, 6.07) is 26.9. The van der Waals surface area contributed by atoms with Gasteiger partial charge in [0, 0.05) is 23.6 Å². The number of fused-ring (bicyclic) bond motifs is 1. The molecular weight excluding hydrogens is 501 g/mol. The smallest absolute Gasteiger partial charge is 0.343 e. The number of esters is 1. The monoisotopic (exact) mass is 523 g/mol. The molecule has 0 aliphatic rings. The number of rotatable bonds is 5. The highest BCUT2D eigenvalue weighted by Crippen LogP contribution is 2.29. The molecule has 5 heteroatoms. The lowest BCUT2D eigenvalue weighted by atomic mass is 10.1. The molecule has 0 fully saturated rings. The van der Waals surface area contributed by atoms with Crippen LogP contribution in [0.1, 0.15) is 21.6 Å². The minimum atomic E-state index is -0.416. The first-order valence-corrected chi connectivity index (χ1v) is 9.67. The van der Waals surface area contributed by atoms with E-state index >= 15 is 0 Å². The van der Waals surface area contributed by atoms with Crippen molar-refractivity contribution in [2.24, 2.45) is 7.05 Å². The molecule has 0 unspecified atom stereocenters. The third-order valence-corrected chi connectivity index (χ3v) is 4.97. The minimum absolute atomic E-state index is 0. The predicted molar refractivity (Wildman–Crippen MR) is 118 cm³/mol. The van der Waals surface area contributed by atoms with Crippen LogP contribution in [0.2, 0.25) is 0 Å². The van der Waals surface area contributed by atoms with E-state index in [-0.39, 0.29) is 24.0 Å². The largest absolute Gasteiger partial charge is 1.00 e. The van der Waals surface area contributed by atoms with Gasteiger partial charge >= 0.3 is 5.97 Å². The summed E-state index contributed by atoms with van der Waals surface area (Å²) in [5.74, 6) is 0.476. The van der Waals surface area contributed by atoms with Gasteiger partial charge in [0.2, 0.25) is 11.2 Å². The van der Waals surface area contributed by atoms with E-state index in [4.69, 9.17) is 9.47 Å². The Kier molecular flexibility index (Phi) is 7.41. The van der Waals surface area contributed by atoms with Crippen molar-refractivity contribution in [3.63, 3.8) is 0 Å². The zero-order chi connectivity index (χ0) is 20.9. The molecule has 0 amide bonds. The third kappa shape index (κ3) is 5.11. The van der Waals surface area contributed by atoms with Crippen LogP contribution in [0, 0.1) is 0 Å². The predicted octanol–water partition coefficient (Wildman–Crippen LogP) is 2.07. The summed E-state index contributed by atoms with van der Waals surface area (Å²) in [7, 11) is 3.61. The molecule has 3 aromatic carbocycles. The second kappa shape index (κ2) is 10.2. The first-order chi connectivity index (χ1) is 14.7. The quantitative estimate of drug-likeness (QED) is 0.174. The number of carbonyl (C=O) groups is 1. The number of halogens is 1. The van der Waals surface area contributed by atoms with E-state index < -0.39 is 5.97 Å². The van der Waals surface area contributed by atoms with Gasteiger partial charge < -0.3 is 33.5 Å². The lowest BCUT2D eigenvalue weighted by molar-refractivity contribution is -0.646. The van der Waals surface area contributed by atoms with E-state index in [0.29, 0.717) is 17.1 Å². The highest BCUT2D eigenvalue weighted by molar-refractivity contribution is 5.91. The summed E-state index contributed by atoms with van der Waals surface area (Å²) in [6.45, 7) is 0. The maximum atomic E-state index is 12.3. The molecule has 4 aromatic rings. The fourth-order valence-electron chi connectivity index (χ4n) is 3.31. The molecule has 0 N–H and O–H groups in total. The summed E-state index contributed by atoms with van der Waals surface area (Å²) in [6.07, 6.45) is 4.06. The summed E-state index contributed by atoms with van der Waals surface area (Å²) in [5.41, 5.74) is 3.68. The van der Waals surface area contributed by atoms with Gasteiger partial charge in [-0.05, 0) is 48.0 Å². The number of para-hydroxylation sites is 1. The molecule has 4 rings (SSSR count).